The van der Waals surface area contributed by atoms with E-state index >= 15 is 0 Å². The second kappa shape index (κ2) is 9.07. The van der Waals surface area contributed by atoms with E-state index in [1.54, 1.807) is 18.2 Å². The van der Waals surface area contributed by atoms with Gasteiger partial charge in [0.25, 0.3) is 0 Å². The van der Waals surface area contributed by atoms with E-state index in [1.807, 2.05) is 31.7 Å². The largest absolute Gasteiger partial charge is 0.481 e. The second-order valence-corrected chi connectivity index (χ2v) is 5.47. The van der Waals surface area contributed by atoms with Gasteiger partial charge >= 0.3 is 11.9 Å². The summed E-state index contributed by atoms with van der Waals surface area (Å²) in [6, 6.07) is 7.29. The first kappa shape index (κ1) is 18.0. The number of anilines is 1. The van der Waals surface area contributed by atoms with E-state index in [1.165, 1.54) is 0 Å². The zero-order valence-electron chi connectivity index (χ0n) is 13.5. The van der Waals surface area contributed by atoms with Crippen molar-refractivity contribution in [1.82, 2.24) is 0 Å². The Labute approximate surface area is 131 Å². The third-order valence-electron chi connectivity index (χ3n) is 3.33. The molecule has 1 aromatic rings. The van der Waals surface area contributed by atoms with Crippen LogP contribution in [0.5, 0.6) is 0 Å². The third-order valence-corrected chi connectivity index (χ3v) is 3.33. The van der Waals surface area contributed by atoms with Crippen LogP contribution in [-0.4, -0.2) is 36.2 Å². The summed E-state index contributed by atoms with van der Waals surface area (Å²) in [5.41, 5.74) is 1.33. The molecule has 122 valence electrons. The minimum absolute atomic E-state index is 0.0589. The lowest BCUT2D eigenvalue weighted by molar-refractivity contribution is -0.136. The molecule has 0 amide bonds. The Kier molecular flexibility index (Phi) is 7.43. The Morgan fingerprint density at radius 3 is 2.64 bits per heavy atom. The lowest BCUT2D eigenvalue weighted by Gasteiger charge is -2.28. The normalized spacial score (nSPS) is 10.5. The van der Waals surface area contributed by atoms with Gasteiger partial charge < -0.3 is 14.7 Å². The number of carbonyl (C=O) groups is 2. The van der Waals surface area contributed by atoms with Gasteiger partial charge in [0.2, 0.25) is 0 Å². The molecule has 0 aliphatic carbocycles. The molecule has 1 aromatic carbocycles. The predicted octanol–water partition coefficient (Wildman–Crippen LogP) is 3.33. The van der Waals surface area contributed by atoms with E-state index in [4.69, 9.17) is 9.84 Å². The van der Waals surface area contributed by atoms with Crippen molar-refractivity contribution >= 4 is 17.6 Å². The van der Waals surface area contributed by atoms with E-state index in [-0.39, 0.29) is 18.4 Å². The molecule has 1 rings (SSSR count). The van der Waals surface area contributed by atoms with Crippen molar-refractivity contribution in [3.8, 4) is 0 Å². The minimum Gasteiger partial charge on any atom is -0.481 e. The van der Waals surface area contributed by atoms with Crippen molar-refractivity contribution in [2.75, 3.05) is 18.1 Å². The summed E-state index contributed by atoms with van der Waals surface area (Å²) in [5, 5.41) is 8.85. The topological polar surface area (TPSA) is 66.8 Å². The first-order chi connectivity index (χ1) is 10.5. The molecule has 0 atom stereocenters. The Hall–Kier alpha value is -2.04. The van der Waals surface area contributed by atoms with Gasteiger partial charge in [-0.2, -0.15) is 0 Å². The summed E-state index contributed by atoms with van der Waals surface area (Å²) in [6.07, 6.45) is 1.88. The van der Waals surface area contributed by atoms with Crippen LogP contribution in [0, 0.1) is 0 Å². The maximum absolute atomic E-state index is 12.0. The zero-order valence-corrected chi connectivity index (χ0v) is 13.5. The van der Waals surface area contributed by atoms with Crippen molar-refractivity contribution in [3.63, 3.8) is 0 Å². The minimum atomic E-state index is -0.833. The first-order valence-electron chi connectivity index (χ1n) is 7.71. The average molecular weight is 307 g/mol. The summed E-state index contributed by atoms with van der Waals surface area (Å²) in [5.74, 6) is -1.17. The molecule has 0 bridgehead atoms. The van der Waals surface area contributed by atoms with E-state index in [9.17, 15) is 9.59 Å². The highest BCUT2D eigenvalue weighted by atomic mass is 16.5. The number of aliphatic carboxylic acids is 1. The molecule has 5 nitrogen and oxygen atoms in total. The van der Waals surface area contributed by atoms with Gasteiger partial charge in [0.1, 0.15) is 0 Å². The molecular weight excluding hydrogens is 282 g/mol. The standard InChI is InChI=1S/C17H25NO4/c1-4-5-11-22-17(21)14-7-6-8-15(12-14)18(13(2)3)10-9-16(19)20/h6-8,12-13H,4-5,9-11H2,1-3H3,(H,19,20). The van der Waals surface area contributed by atoms with Gasteiger partial charge in [-0.3, -0.25) is 4.79 Å². The van der Waals surface area contributed by atoms with Crippen LogP contribution in [0.2, 0.25) is 0 Å². The summed E-state index contributed by atoms with van der Waals surface area (Å²) >= 11 is 0. The van der Waals surface area contributed by atoms with Crippen LogP contribution in [0.25, 0.3) is 0 Å². The second-order valence-electron chi connectivity index (χ2n) is 5.47. The molecule has 22 heavy (non-hydrogen) atoms. The van der Waals surface area contributed by atoms with Gasteiger partial charge in [-0.1, -0.05) is 19.4 Å². The number of carboxylic acids is 1. The van der Waals surface area contributed by atoms with Gasteiger partial charge in [0.05, 0.1) is 18.6 Å². The van der Waals surface area contributed by atoms with Crippen molar-refractivity contribution in [2.45, 2.75) is 46.1 Å². The van der Waals surface area contributed by atoms with E-state index in [2.05, 4.69) is 0 Å². The van der Waals surface area contributed by atoms with E-state index < -0.39 is 5.97 Å². The quantitative estimate of drug-likeness (QED) is 0.560. The molecule has 0 aliphatic heterocycles. The van der Waals surface area contributed by atoms with Gasteiger partial charge in [-0.15, -0.1) is 0 Å². The fourth-order valence-corrected chi connectivity index (χ4v) is 2.11. The van der Waals surface area contributed by atoms with Crippen LogP contribution in [0.3, 0.4) is 0 Å². The van der Waals surface area contributed by atoms with Crippen molar-refractivity contribution in [1.29, 1.82) is 0 Å². The Bertz CT molecular complexity index is 499. The highest BCUT2D eigenvalue weighted by Gasteiger charge is 2.15. The molecule has 5 heteroatoms. The van der Waals surface area contributed by atoms with Gasteiger partial charge in [-0.05, 0) is 38.5 Å². The molecule has 0 aromatic heterocycles. The summed E-state index contributed by atoms with van der Waals surface area (Å²) < 4.78 is 5.21. The maximum Gasteiger partial charge on any atom is 0.338 e. The van der Waals surface area contributed by atoms with Gasteiger partial charge in [0, 0.05) is 18.3 Å². The number of rotatable bonds is 9. The fraction of sp³-hybridized carbons (Fsp3) is 0.529. The van der Waals surface area contributed by atoms with Crippen LogP contribution < -0.4 is 4.90 Å². The molecule has 0 spiro atoms. The number of esters is 1. The number of carboxylic acid groups (broad SMARTS) is 1. The molecule has 0 fully saturated rings. The molecular formula is C17H25NO4. The summed E-state index contributed by atoms with van der Waals surface area (Å²) in [4.78, 5) is 24.7. The van der Waals surface area contributed by atoms with Crippen molar-refractivity contribution in [2.24, 2.45) is 0 Å². The zero-order chi connectivity index (χ0) is 16.5. The number of unbranched alkanes of at least 4 members (excludes halogenated alkanes) is 1. The van der Waals surface area contributed by atoms with Crippen LogP contribution in [0.1, 0.15) is 50.4 Å². The number of benzene rings is 1. The summed E-state index contributed by atoms with van der Waals surface area (Å²) in [6.45, 7) is 6.85. The third kappa shape index (κ3) is 5.76. The van der Waals surface area contributed by atoms with Crippen LogP contribution in [0.15, 0.2) is 24.3 Å². The molecule has 0 saturated carbocycles. The van der Waals surface area contributed by atoms with E-state index in [0.29, 0.717) is 18.7 Å². The predicted molar refractivity (Wildman–Crippen MR) is 86.4 cm³/mol. The Morgan fingerprint density at radius 2 is 2.05 bits per heavy atom. The molecule has 0 radical (unpaired) electrons. The first-order valence-corrected chi connectivity index (χ1v) is 7.71. The lowest BCUT2D eigenvalue weighted by Crippen LogP contribution is -2.33. The highest BCUT2D eigenvalue weighted by Crippen LogP contribution is 2.20. The van der Waals surface area contributed by atoms with Crippen molar-refractivity contribution < 1.29 is 19.4 Å². The fourth-order valence-electron chi connectivity index (χ4n) is 2.11. The molecule has 0 aliphatic rings. The molecule has 1 N–H and O–H groups in total. The molecule has 0 heterocycles. The van der Waals surface area contributed by atoms with Gasteiger partial charge in [0.15, 0.2) is 0 Å². The Balaban J connectivity index is 2.83. The van der Waals surface area contributed by atoms with E-state index in [0.717, 1.165) is 18.5 Å². The van der Waals surface area contributed by atoms with Crippen molar-refractivity contribution in [3.05, 3.63) is 29.8 Å². The Morgan fingerprint density at radius 1 is 1.32 bits per heavy atom. The lowest BCUT2D eigenvalue weighted by atomic mass is 10.1. The SMILES string of the molecule is CCCCOC(=O)c1cccc(N(CCC(=O)O)C(C)C)c1. The smallest absolute Gasteiger partial charge is 0.338 e. The van der Waals surface area contributed by atoms with Crippen LogP contribution >= 0.6 is 0 Å². The summed E-state index contributed by atoms with van der Waals surface area (Å²) in [7, 11) is 0. The monoisotopic (exact) mass is 307 g/mol. The maximum atomic E-state index is 12.0. The number of nitrogens with zero attached hydrogens (tertiary/aromatic N) is 1. The van der Waals surface area contributed by atoms with Crippen LogP contribution in [-0.2, 0) is 9.53 Å². The average Bonchev–Trinajstić information content (AvgIpc) is 2.47. The number of carbonyl (C=O) groups excluding carboxylic acids is 1. The van der Waals surface area contributed by atoms with Crippen LogP contribution in [0.4, 0.5) is 5.69 Å². The molecule has 0 saturated heterocycles. The highest BCUT2D eigenvalue weighted by molar-refractivity contribution is 5.90. The molecule has 0 unspecified atom stereocenters. The number of hydrogen-bond acceptors (Lipinski definition) is 4. The number of ether oxygens (including phenoxy) is 1. The van der Waals surface area contributed by atoms with Gasteiger partial charge in [-0.25, -0.2) is 4.79 Å². The number of hydrogen-bond donors (Lipinski definition) is 1.